The van der Waals surface area contributed by atoms with E-state index in [1.54, 1.807) is 11.8 Å². The Kier molecular flexibility index (Phi) is 4.54. The van der Waals surface area contributed by atoms with Crippen LogP contribution in [0.1, 0.15) is 20.3 Å². The molecule has 0 aromatic rings. The van der Waals surface area contributed by atoms with Gasteiger partial charge in [-0.3, -0.25) is 4.90 Å². The van der Waals surface area contributed by atoms with Gasteiger partial charge in [0.2, 0.25) is 0 Å². The molecular weight excluding hydrogens is 237 g/mol. The van der Waals surface area contributed by atoms with Crippen molar-refractivity contribution in [1.82, 2.24) is 4.90 Å². The van der Waals surface area contributed by atoms with E-state index in [2.05, 4.69) is 13.8 Å². The predicted molar refractivity (Wildman–Crippen MR) is 61.6 cm³/mol. The largest absolute Gasteiger partial charge is 0.405 e. The Morgan fingerprint density at radius 3 is 2.50 bits per heavy atom. The van der Waals surface area contributed by atoms with Crippen LogP contribution in [0.5, 0.6) is 0 Å². The predicted octanol–water partition coefficient (Wildman–Crippen LogP) is 2.09. The first-order valence-electron chi connectivity index (χ1n) is 5.41. The van der Waals surface area contributed by atoms with E-state index in [-0.39, 0.29) is 11.3 Å². The van der Waals surface area contributed by atoms with Crippen LogP contribution in [-0.2, 0) is 0 Å². The standard InChI is InChI=1S/C10H19F3N2S/c1-9(2)3-4-15(5-6-16-9)8(7-14)10(11,12)13/h8H,3-7,14H2,1-2H3. The van der Waals surface area contributed by atoms with Crippen molar-refractivity contribution in [2.45, 2.75) is 37.2 Å². The maximum absolute atomic E-state index is 12.7. The maximum Gasteiger partial charge on any atom is 0.405 e. The Hall–Kier alpha value is 0.0600. The lowest BCUT2D eigenvalue weighted by atomic mass is 10.1. The molecule has 0 spiro atoms. The van der Waals surface area contributed by atoms with Crippen molar-refractivity contribution >= 4 is 11.8 Å². The molecule has 16 heavy (non-hydrogen) atoms. The van der Waals surface area contributed by atoms with Crippen molar-refractivity contribution < 1.29 is 13.2 Å². The van der Waals surface area contributed by atoms with Gasteiger partial charge in [0.25, 0.3) is 0 Å². The van der Waals surface area contributed by atoms with Gasteiger partial charge in [-0.05, 0) is 6.42 Å². The fraction of sp³-hybridized carbons (Fsp3) is 1.00. The van der Waals surface area contributed by atoms with Gasteiger partial charge in [0.1, 0.15) is 6.04 Å². The first-order chi connectivity index (χ1) is 7.26. The number of alkyl halides is 3. The molecular formula is C10H19F3N2S. The molecule has 2 nitrogen and oxygen atoms in total. The minimum absolute atomic E-state index is 0.0689. The van der Waals surface area contributed by atoms with Crippen LogP contribution in [0.4, 0.5) is 13.2 Å². The summed E-state index contributed by atoms with van der Waals surface area (Å²) in [6.45, 7) is 4.74. The second-order valence-corrected chi connectivity index (χ2v) is 6.49. The Labute approximate surface area is 98.7 Å². The number of nitrogens with two attached hydrogens (primary N) is 1. The molecule has 0 bridgehead atoms. The maximum atomic E-state index is 12.7. The molecule has 96 valence electrons. The molecule has 0 aliphatic carbocycles. The molecule has 1 heterocycles. The van der Waals surface area contributed by atoms with E-state index in [9.17, 15) is 13.2 Å². The first-order valence-corrected chi connectivity index (χ1v) is 6.39. The van der Waals surface area contributed by atoms with Gasteiger partial charge in [0.15, 0.2) is 0 Å². The van der Waals surface area contributed by atoms with E-state index < -0.39 is 12.2 Å². The van der Waals surface area contributed by atoms with Gasteiger partial charge in [0.05, 0.1) is 0 Å². The zero-order chi connectivity index (χ0) is 12.4. The van der Waals surface area contributed by atoms with E-state index in [4.69, 9.17) is 5.73 Å². The van der Waals surface area contributed by atoms with Crippen LogP contribution in [0.3, 0.4) is 0 Å². The molecule has 0 amide bonds. The highest BCUT2D eigenvalue weighted by atomic mass is 32.2. The third-order valence-corrected chi connectivity index (χ3v) is 4.29. The monoisotopic (exact) mass is 256 g/mol. The summed E-state index contributed by atoms with van der Waals surface area (Å²) < 4.78 is 38.2. The smallest absolute Gasteiger partial charge is 0.329 e. The van der Waals surface area contributed by atoms with Gasteiger partial charge in [0, 0.05) is 30.1 Å². The third kappa shape index (κ3) is 3.82. The number of nitrogens with zero attached hydrogens (tertiary/aromatic N) is 1. The minimum Gasteiger partial charge on any atom is -0.329 e. The molecule has 0 aromatic heterocycles. The van der Waals surface area contributed by atoms with Gasteiger partial charge in [-0.1, -0.05) is 13.8 Å². The quantitative estimate of drug-likeness (QED) is 0.820. The van der Waals surface area contributed by atoms with Crippen LogP contribution in [0.25, 0.3) is 0 Å². The Bertz CT molecular complexity index is 231. The SMILES string of the molecule is CC1(C)CCN(C(CN)C(F)(F)F)CCS1. The summed E-state index contributed by atoms with van der Waals surface area (Å²) >= 11 is 1.73. The summed E-state index contributed by atoms with van der Waals surface area (Å²) in [7, 11) is 0. The molecule has 2 N–H and O–H groups in total. The fourth-order valence-electron chi connectivity index (χ4n) is 1.84. The Balaban J connectivity index is 2.66. The van der Waals surface area contributed by atoms with Crippen LogP contribution in [-0.4, -0.2) is 47.3 Å². The molecule has 6 heteroatoms. The lowest BCUT2D eigenvalue weighted by molar-refractivity contribution is -0.180. The topological polar surface area (TPSA) is 29.3 Å². The normalized spacial score (nSPS) is 25.1. The van der Waals surface area contributed by atoms with Gasteiger partial charge in [-0.25, -0.2) is 0 Å². The second kappa shape index (κ2) is 5.14. The molecule has 1 fully saturated rings. The van der Waals surface area contributed by atoms with Crippen molar-refractivity contribution in [3.63, 3.8) is 0 Å². The fourth-order valence-corrected chi connectivity index (χ4v) is 2.95. The summed E-state index contributed by atoms with van der Waals surface area (Å²) in [5, 5.41) is 0. The lowest BCUT2D eigenvalue weighted by Gasteiger charge is -2.31. The molecule has 1 unspecified atom stereocenters. The summed E-state index contributed by atoms with van der Waals surface area (Å²) in [5.74, 6) is 0.736. The molecule has 1 rings (SSSR count). The van der Waals surface area contributed by atoms with E-state index in [1.165, 1.54) is 4.90 Å². The average Bonchev–Trinajstić information content (AvgIpc) is 2.27. The van der Waals surface area contributed by atoms with Crippen molar-refractivity contribution in [2.24, 2.45) is 5.73 Å². The second-order valence-electron chi connectivity index (χ2n) is 4.69. The van der Waals surface area contributed by atoms with E-state index in [0.29, 0.717) is 13.1 Å². The van der Waals surface area contributed by atoms with Crippen molar-refractivity contribution in [2.75, 3.05) is 25.4 Å². The zero-order valence-corrected chi connectivity index (χ0v) is 10.5. The van der Waals surface area contributed by atoms with Gasteiger partial charge in [-0.15, -0.1) is 0 Å². The zero-order valence-electron chi connectivity index (χ0n) is 9.68. The first kappa shape index (κ1) is 14.1. The van der Waals surface area contributed by atoms with Crippen LogP contribution in [0.15, 0.2) is 0 Å². The number of thioether (sulfide) groups is 1. The highest BCUT2D eigenvalue weighted by Gasteiger charge is 2.43. The van der Waals surface area contributed by atoms with Gasteiger partial charge < -0.3 is 5.73 Å². The molecule has 1 aliphatic rings. The lowest BCUT2D eigenvalue weighted by Crippen LogP contribution is -2.51. The molecule has 0 saturated carbocycles. The molecule has 1 saturated heterocycles. The van der Waals surface area contributed by atoms with Crippen LogP contribution in [0.2, 0.25) is 0 Å². The van der Waals surface area contributed by atoms with Gasteiger partial charge in [-0.2, -0.15) is 24.9 Å². The van der Waals surface area contributed by atoms with Gasteiger partial charge >= 0.3 is 6.18 Å². The van der Waals surface area contributed by atoms with Crippen LogP contribution >= 0.6 is 11.8 Å². The molecule has 1 aliphatic heterocycles. The van der Waals surface area contributed by atoms with Crippen LogP contribution in [0, 0.1) is 0 Å². The van der Waals surface area contributed by atoms with E-state index >= 15 is 0 Å². The summed E-state index contributed by atoms with van der Waals surface area (Å²) in [4.78, 5) is 1.47. The summed E-state index contributed by atoms with van der Waals surface area (Å²) in [6, 6.07) is -1.48. The summed E-state index contributed by atoms with van der Waals surface area (Å²) in [6.07, 6.45) is -3.45. The summed E-state index contributed by atoms with van der Waals surface area (Å²) in [5.41, 5.74) is 5.24. The highest BCUT2D eigenvalue weighted by Crippen LogP contribution is 2.33. The molecule has 0 radical (unpaired) electrons. The highest BCUT2D eigenvalue weighted by molar-refractivity contribution is 8.00. The Morgan fingerprint density at radius 2 is 2.00 bits per heavy atom. The van der Waals surface area contributed by atoms with E-state index in [0.717, 1.165) is 12.2 Å². The van der Waals surface area contributed by atoms with Crippen LogP contribution < -0.4 is 5.73 Å². The minimum atomic E-state index is -4.21. The van der Waals surface area contributed by atoms with Crippen molar-refractivity contribution in [3.05, 3.63) is 0 Å². The Morgan fingerprint density at radius 1 is 1.38 bits per heavy atom. The number of hydrogen-bond donors (Lipinski definition) is 1. The number of rotatable bonds is 2. The molecule has 1 atom stereocenters. The third-order valence-electron chi connectivity index (χ3n) is 2.91. The number of hydrogen-bond acceptors (Lipinski definition) is 3. The van der Waals surface area contributed by atoms with Crippen molar-refractivity contribution in [3.8, 4) is 0 Å². The number of halogens is 3. The van der Waals surface area contributed by atoms with E-state index in [1.807, 2.05) is 0 Å². The molecule has 0 aromatic carbocycles. The van der Waals surface area contributed by atoms with Crippen molar-refractivity contribution in [1.29, 1.82) is 0 Å². The average molecular weight is 256 g/mol.